The zero-order valence-corrected chi connectivity index (χ0v) is 16.9. The molecule has 1 aromatic heterocycles. The zero-order chi connectivity index (χ0) is 20.9. The molecule has 1 amide bonds. The number of nitrogens with one attached hydrogen (secondary N) is 1. The summed E-state index contributed by atoms with van der Waals surface area (Å²) in [7, 11) is 0. The third kappa shape index (κ3) is 4.11. The predicted octanol–water partition coefficient (Wildman–Crippen LogP) is 4.78. The number of nitrogens with zero attached hydrogens (tertiary/aromatic N) is 1. The van der Waals surface area contributed by atoms with E-state index in [1.807, 2.05) is 30.3 Å². The first-order valence-corrected chi connectivity index (χ1v) is 10.5. The van der Waals surface area contributed by atoms with Crippen LogP contribution < -0.4 is 5.32 Å². The minimum atomic E-state index is -1.05. The monoisotopic (exact) mass is 420 g/mol. The number of fused-ring (bicyclic) bond motifs is 3. The van der Waals surface area contributed by atoms with E-state index in [0.717, 1.165) is 0 Å². The lowest BCUT2D eigenvalue weighted by Crippen LogP contribution is -2.26. The summed E-state index contributed by atoms with van der Waals surface area (Å²) in [5.74, 6) is -1.02. The number of hydrogen-bond acceptors (Lipinski definition) is 5. The highest BCUT2D eigenvalue weighted by atomic mass is 32.1. The number of carbonyl (C=O) groups excluding carboxylic acids is 1. The number of ether oxygens (including phenoxy) is 1. The van der Waals surface area contributed by atoms with Crippen LogP contribution in [0.25, 0.3) is 17.2 Å². The Morgan fingerprint density at radius 1 is 1.10 bits per heavy atom. The number of amides is 1. The standard InChI is InChI=1S/C23H20N2O4S/c26-22(27)21-20(30-14-25-21)11-5-6-12-24-23(28)29-13-19-17-9-3-1-7-15(17)16-8-2-4-10-18(16)19/h1-5,7-11,14,19H,6,12-13H2,(H,24,28)(H,26,27). The fraction of sp³-hybridized carbons (Fsp3) is 0.174. The number of aromatic carboxylic acids is 1. The zero-order valence-electron chi connectivity index (χ0n) is 16.1. The fourth-order valence-electron chi connectivity index (χ4n) is 3.63. The summed E-state index contributed by atoms with van der Waals surface area (Å²) < 4.78 is 5.48. The molecule has 0 bridgehead atoms. The SMILES string of the molecule is O=C(NCCC=Cc1scnc1C(=O)O)OCC1c2ccccc2-c2ccccc21. The number of carboxylic acids is 1. The van der Waals surface area contributed by atoms with Crippen molar-refractivity contribution < 1.29 is 19.4 Å². The smallest absolute Gasteiger partial charge is 0.407 e. The molecule has 7 heteroatoms. The molecule has 0 fully saturated rings. The minimum absolute atomic E-state index is 0.0313. The van der Waals surface area contributed by atoms with Crippen molar-refractivity contribution in [2.75, 3.05) is 13.2 Å². The van der Waals surface area contributed by atoms with E-state index < -0.39 is 12.1 Å². The van der Waals surface area contributed by atoms with Gasteiger partial charge in [-0.1, -0.05) is 54.6 Å². The Morgan fingerprint density at radius 3 is 2.43 bits per heavy atom. The molecule has 30 heavy (non-hydrogen) atoms. The Hall–Kier alpha value is -3.45. The Bertz CT molecular complexity index is 1060. The van der Waals surface area contributed by atoms with Crippen LogP contribution in [0.3, 0.4) is 0 Å². The van der Waals surface area contributed by atoms with Crippen molar-refractivity contribution in [3.8, 4) is 11.1 Å². The van der Waals surface area contributed by atoms with Crippen LogP contribution in [0.5, 0.6) is 0 Å². The van der Waals surface area contributed by atoms with Gasteiger partial charge in [0.15, 0.2) is 5.69 Å². The largest absolute Gasteiger partial charge is 0.476 e. The Morgan fingerprint density at radius 2 is 1.77 bits per heavy atom. The first-order chi connectivity index (χ1) is 14.6. The van der Waals surface area contributed by atoms with Gasteiger partial charge < -0.3 is 15.2 Å². The Kier molecular flexibility index (Phi) is 5.90. The van der Waals surface area contributed by atoms with E-state index in [1.54, 1.807) is 6.08 Å². The highest BCUT2D eigenvalue weighted by molar-refractivity contribution is 7.10. The van der Waals surface area contributed by atoms with Gasteiger partial charge >= 0.3 is 12.1 Å². The molecule has 4 rings (SSSR count). The number of thiazole rings is 1. The van der Waals surface area contributed by atoms with E-state index >= 15 is 0 Å². The average molecular weight is 420 g/mol. The molecule has 2 aromatic carbocycles. The molecular weight excluding hydrogens is 400 g/mol. The van der Waals surface area contributed by atoms with Crippen molar-refractivity contribution in [2.45, 2.75) is 12.3 Å². The molecule has 0 spiro atoms. The van der Waals surface area contributed by atoms with Crippen molar-refractivity contribution in [3.63, 3.8) is 0 Å². The third-order valence-electron chi connectivity index (χ3n) is 4.99. The predicted molar refractivity (Wildman–Crippen MR) is 116 cm³/mol. The van der Waals surface area contributed by atoms with Gasteiger partial charge in [-0.25, -0.2) is 14.6 Å². The molecule has 0 unspecified atom stereocenters. The molecule has 0 saturated carbocycles. The number of alkyl carbamates (subject to hydrolysis) is 1. The van der Waals surface area contributed by atoms with Crippen molar-refractivity contribution in [3.05, 3.63) is 81.8 Å². The van der Waals surface area contributed by atoms with E-state index in [-0.39, 0.29) is 18.2 Å². The quantitative estimate of drug-likeness (QED) is 0.537. The van der Waals surface area contributed by atoms with Gasteiger partial charge in [-0.2, -0.15) is 0 Å². The van der Waals surface area contributed by atoms with E-state index in [1.165, 1.54) is 39.1 Å². The van der Waals surface area contributed by atoms with Crippen molar-refractivity contribution in [1.29, 1.82) is 0 Å². The summed E-state index contributed by atoms with van der Waals surface area (Å²) in [6.45, 7) is 0.674. The van der Waals surface area contributed by atoms with Gasteiger partial charge in [-0.05, 0) is 34.8 Å². The van der Waals surface area contributed by atoms with Crippen LogP contribution in [0.4, 0.5) is 4.79 Å². The molecule has 6 nitrogen and oxygen atoms in total. The van der Waals surface area contributed by atoms with E-state index in [4.69, 9.17) is 9.84 Å². The van der Waals surface area contributed by atoms with Gasteiger partial charge in [-0.15, -0.1) is 11.3 Å². The lowest BCUT2D eigenvalue weighted by Gasteiger charge is -2.14. The number of aromatic nitrogens is 1. The molecule has 1 aliphatic rings. The van der Waals surface area contributed by atoms with Crippen molar-refractivity contribution in [1.82, 2.24) is 10.3 Å². The van der Waals surface area contributed by atoms with E-state index in [2.05, 4.69) is 34.6 Å². The number of carboxylic acid groups (broad SMARTS) is 1. The summed E-state index contributed by atoms with van der Waals surface area (Å²) in [4.78, 5) is 27.6. The minimum Gasteiger partial charge on any atom is -0.476 e. The first kappa shape index (κ1) is 19.8. The molecule has 3 aromatic rings. The second-order valence-electron chi connectivity index (χ2n) is 6.81. The number of benzene rings is 2. The molecule has 152 valence electrons. The van der Waals surface area contributed by atoms with Gasteiger partial charge in [0.2, 0.25) is 0 Å². The van der Waals surface area contributed by atoms with Crippen LogP contribution in [-0.4, -0.2) is 35.3 Å². The Balaban J connectivity index is 1.28. The van der Waals surface area contributed by atoms with Gasteiger partial charge in [0.25, 0.3) is 0 Å². The summed E-state index contributed by atoms with van der Waals surface area (Å²) in [5.41, 5.74) is 6.27. The second-order valence-corrected chi connectivity index (χ2v) is 7.70. The van der Waals surface area contributed by atoms with E-state index in [9.17, 15) is 9.59 Å². The number of hydrogen-bond donors (Lipinski definition) is 2. The molecule has 0 atom stereocenters. The lowest BCUT2D eigenvalue weighted by molar-refractivity contribution is 0.0691. The summed E-state index contributed by atoms with van der Waals surface area (Å²) >= 11 is 1.26. The molecule has 2 N–H and O–H groups in total. The van der Waals surface area contributed by atoms with Crippen LogP contribution in [-0.2, 0) is 4.74 Å². The average Bonchev–Trinajstić information content (AvgIpc) is 3.35. The van der Waals surface area contributed by atoms with Gasteiger partial charge in [-0.3, -0.25) is 0 Å². The van der Waals surface area contributed by atoms with Crippen LogP contribution in [0.15, 0.2) is 60.1 Å². The summed E-state index contributed by atoms with van der Waals surface area (Å²) in [6, 6.07) is 16.4. The maximum Gasteiger partial charge on any atom is 0.407 e. The third-order valence-corrected chi connectivity index (χ3v) is 5.78. The molecule has 0 radical (unpaired) electrons. The molecule has 1 heterocycles. The maximum absolute atomic E-state index is 12.1. The van der Waals surface area contributed by atoms with Crippen molar-refractivity contribution >= 4 is 29.5 Å². The first-order valence-electron chi connectivity index (χ1n) is 9.57. The number of carbonyl (C=O) groups is 2. The number of rotatable bonds is 7. The summed E-state index contributed by atoms with van der Waals surface area (Å²) in [5, 5.41) is 11.8. The highest BCUT2D eigenvalue weighted by Gasteiger charge is 2.28. The molecule has 1 aliphatic carbocycles. The molecule has 0 saturated heterocycles. The van der Waals surface area contributed by atoms with Gasteiger partial charge in [0.05, 0.1) is 10.4 Å². The van der Waals surface area contributed by atoms with Gasteiger partial charge in [0, 0.05) is 12.5 Å². The Labute approximate surface area is 177 Å². The lowest BCUT2D eigenvalue weighted by atomic mass is 9.98. The maximum atomic E-state index is 12.1. The van der Waals surface area contributed by atoms with Gasteiger partial charge in [0.1, 0.15) is 6.61 Å². The van der Waals surface area contributed by atoms with Crippen LogP contribution in [0.1, 0.15) is 38.8 Å². The van der Waals surface area contributed by atoms with Crippen LogP contribution >= 0.6 is 11.3 Å². The fourth-order valence-corrected chi connectivity index (χ4v) is 4.33. The second kappa shape index (κ2) is 8.92. The van der Waals surface area contributed by atoms with Crippen molar-refractivity contribution in [2.24, 2.45) is 0 Å². The molecular formula is C23H20N2O4S. The van der Waals surface area contributed by atoms with Crippen LogP contribution in [0.2, 0.25) is 0 Å². The highest BCUT2D eigenvalue weighted by Crippen LogP contribution is 2.44. The van der Waals surface area contributed by atoms with E-state index in [0.29, 0.717) is 17.8 Å². The van der Waals surface area contributed by atoms with Crippen LogP contribution in [0, 0.1) is 0 Å². The molecule has 0 aliphatic heterocycles. The topological polar surface area (TPSA) is 88.5 Å². The normalized spacial score (nSPS) is 12.5. The summed E-state index contributed by atoms with van der Waals surface area (Å²) in [6.07, 6.45) is 3.61.